The highest BCUT2D eigenvalue weighted by Gasteiger charge is 2.28. The maximum Gasteiger partial charge on any atom is 0.323 e. The zero-order chi connectivity index (χ0) is 25.6. The van der Waals surface area contributed by atoms with Crippen LogP contribution in [-0.4, -0.2) is 22.1 Å². The van der Waals surface area contributed by atoms with E-state index >= 15 is 0 Å². The monoisotopic (exact) mass is 513 g/mol. The van der Waals surface area contributed by atoms with Crippen LogP contribution in [0.1, 0.15) is 36.6 Å². The van der Waals surface area contributed by atoms with E-state index in [4.69, 9.17) is 4.74 Å². The molecule has 0 saturated heterocycles. The summed E-state index contributed by atoms with van der Waals surface area (Å²) < 4.78 is 5.78. The number of anilines is 2. The summed E-state index contributed by atoms with van der Waals surface area (Å²) >= 11 is 1.66. The average molecular weight is 514 g/mol. The van der Waals surface area contributed by atoms with E-state index in [0.29, 0.717) is 35.9 Å². The number of amides is 2. The second-order valence-corrected chi connectivity index (χ2v) is 10.1. The van der Waals surface area contributed by atoms with Crippen LogP contribution in [0.15, 0.2) is 85.1 Å². The number of carbonyl (C=O) groups excluding carboxylic acids is 1. The molecule has 1 aliphatic carbocycles. The van der Waals surface area contributed by atoms with Crippen molar-refractivity contribution in [1.82, 2.24) is 4.98 Å². The van der Waals surface area contributed by atoms with Crippen molar-refractivity contribution >= 4 is 34.7 Å². The van der Waals surface area contributed by atoms with Crippen molar-refractivity contribution in [2.45, 2.75) is 31.6 Å². The Balaban J connectivity index is 1.13. The number of rotatable bonds is 7. The van der Waals surface area contributed by atoms with Gasteiger partial charge in [0.1, 0.15) is 11.5 Å². The second-order valence-electron chi connectivity index (χ2n) is 9.05. The lowest BCUT2D eigenvalue weighted by Crippen LogP contribution is -2.20. The minimum atomic E-state index is -0.688. The van der Waals surface area contributed by atoms with Crippen molar-refractivity contribution < 1.29 is 19.4 Å². The first-order chi connectivity index (χ1) is 18.0. The SMILES string of the molecule is O=C(Nc1ccc(Oc2ccccc2)cc1)Nc1ccc(-c2cnc(C3CCC(C(=O)O)CC3)s2)cc1. The number of para-hydroxylation sites is 1. The van der Waals surface area contributed by atoms with Crippen LogP contribution in [0, 0.1) is 5.92 Å². The average Bonchev–Trinajstić information content (AvgIpc) is 3.41. The van der Waals surface area contributed by atoms with E-state index in [-0.39, 0.29) is 11.9 Å². The Hall–Kier alpha value is -4.17. The molecule has 0 unspecified atom stereocenters. The highest BCUT2D eigenvalue weighted by Crippen LogP contribution is 2.39. The Morgan fingerprint density at radius 1 is 0.811 bits per heavy atom. The lowest BCUT2D eigenvalue weighted by Gasteiger charge is -2.24. The van der Waals surface area contributed by atoms with Gasteiger partial charge in [-0.15, -0.1) is 11.3 Å². The normalized spacial score (nSPS) is 17.1. The van der Waals surface area contributed by atoms with Crippen LogP contribution < -0.4 is 15.4 Å². The fourth-order valence-electron chi connectivity index (χ4n) is 4.44. The predicted octanol–water partition coefficient (Wildman–Crippen LogP) is 7.60. The number of carboxylic acids is 1. The molecule has 8 heteroatoms. The predicted molar refractivity (Wildman–Crippen MR) is 145 cm³/mol. The largest absolute Gasteiger partial charge is 0.481 e. The zero-order valence-corrected chi connectivity index (χ0v) is 20.9. The molecule has 3 aromatic carbocycles. The molecule has 2 amide bonds. The van der Waals surface area contributed by atoms with Crippen molar-refractivity contribution in [1.29, 1.82) is 0 Å². The molecule has 188 valence electrons. The van der Waals surface area contributed by atoms with Gasteiger partial charge in [0.2, 0.25) is 0 Å². The summed E-state index contributed by atoms with van der Waals surface area (Å²) in [6.45, 7) is 0. The lowest BCUT2D eigenvalue weighted by atomic mass is 9.82. The van der Waals surface area contributed by atoms with E-state index in [0.717, 1.165) is 34.0 Å². The summed E-state index contributed by atoms with van der Waals surface area (Å²) in [5, 5.41) is 16.0. The smallest absolute Gasteiger partial charge is 0.323 e. The molecule has 1 aromatic heterocycles. The molecule has 3 N–H and O–H groups in total. The summed E-state index contributed by atoms with van der Waals surface area (Å²) in [6, 6.07) is 24.0. The Morgan fingerprint density at radius 3 is 2.03 bits per heavy atom. The molecular weight excluding hydrogens is 486 g/mol. The van der Waals surface area contributed by atoms with Gasteiger partial charge in [0.15, 0.2) is 0 Å². The quantitative estimate of drug-likeness (QED) is 0.236. The maximum atomic E-state index is 12.5. The number of aromatic nitrogens is 1. The number of urea groups is 1. The summed E-state index contributed by atoms with van der Waals surface area (Å²) in [4.78, 5) is 29.3. The van der Waals surface area contributed by atoms with Gasteiger partial charge in [-0.05, 0) is 79.8 Å². The summed E-state index contributed by atoms with van der Waals surface area (Å²) in [6.07, 6.45) is 5.03. The molecule has 4 aromatic rings. The molecule has 0 radical (unpaired) electrons. The lowest BCUT2D eigenvalue weighted by molar-refractivity contribution is -0.142. The molecule has 37 heavy (non-hydrogen) atoms. The van der Waals surface area contributed by atoms with Crippen LogP contribution in [0.4, 0.5) is 16.2 Å². The number of nitrogens with zero attached hydrogens (tertiary/aromatic N) is 1. The second kappa shape index (κ2) is 11.3. The Labute approximate surface area is 219 Å². The summed E-state index contributed by atoms with van der Waals surface area (Å²) in [7, 11) is 0. The number of carboxylic acid groups (broad SMARTS) is 1. The van der Waals surface area contributed by atoms with Gasteiger partial charge in [0.25, 0.3) is 0 Å². The van der Waals surface area contributed by atoms with Gasteiger partial charge in [0, 0.05) is 23.5 Å². The fraction of sp³-hybridized carbons (Fsp3) is 0.207. The van der Waals surface area contributed by atoms with Crippen LogP contribution >= 0.6 is 11.3 Å². The van der Waals surface area contributed by atoms with Crippen LogP contribution in [0.2, 0.25) is 0 Å². The van der Waals surface area contributed by atoms with Crippen molar-refractivity contribution in [3.63, 3.8) is 0 Å². The number of thiazole rings is 1. The number of carbonyl (C=O) groups is 2. The van der Waals surface area contributed by atoms with Crippen molar-refractivity contribution in [2.75, 3.05) is 10.6 Å². The number of ether oxygens (including phenoxy) is 1. The van der Waals surface area contributed by atoms with E-state index in [1.807, 2.05) is 60.8 Å². The third-order valence-electron chi connectivity index (χ3n) is 6.47. The maximum absolute atomic E-state index is 12.5. The molecule has 0 atom stereocenters. The fourth-order valence-corrected chi connectivity index (χ4v) is 5.53. The molecule has 0 spiro atoms. The van der Waals surface area contributed by atoms with Gasteiger partial charge >= 0.3 is 12.0 Å². The van der Waals surface area contributed by atoms with E-state index < -0.39 is 5.97 Å². The molecule has 0 bridgehead atoms. The van der Waals surface area contributed by atoms with Crippen molar-refractivity contribution in [2.24, 2.45) is 5.92 Å². The molecule has 7 nitrogen and oxygen atoms in total. The highest BCUT2D eigenvalue weighted by molar-refractivity contribution is 7.15. The topological polar surface area (TPSA) is 101 Å². The van der Waals surface area contributed by atoms with Gasteiger partial charge in [0.05, 0.1) is 15.8 Å². The van der Waals surface area contributed by atoms with Gasteiger partial charge in [-0.1, -0.05) is 30.3 Å². The number of aliphatic carboxylic acids is 1. The highest BCUT2D eigenvalue weighted by atomic mass is 32.1. The minimum absolute atomic E-state index is 0.221. The first kappa shape index (κ1) is 24.5. The third-order valence-corrected chi connectivity index (χ3v) is 7.68. The summed E-state index contributed by atoms with van der Waals surface area (Å²) in [5.74, 6) is 0.861. The first-order valence-electron chi connectivity index (χ1n) is 12.2. The number of hydrogen-bond donors (Lipinski definition) is 3. The zero-order valence-electron chi connectivity index (χ0n) is 20.1. The van der Waals surface area contributed by atoms with Gasteiger partial charge in [-0.3, -0.25) is 4.79 Å². The number of hydrogen-bond acceptors (Lipinski definition) is 5. The Kier molecular flexibility index (Phi) is 7.46. The van der Waals surface area contributed by atoms with Gasteiger partial charge in [-0.25, -0.2) is 9.78 Å². The van der Waals surface area contributed by atoms with Crippen molar-refractivity contribution in [3.05, 3.63) is 90.1 Å². The molecular formula is C29H27N3O4S. The van der Waals surface area contributed by atoms with E-state index in [9.17, 15) is 14.7 Å². The van der Waals surface area contributed by atoms with Crippen LogP contribution in [-0.2, 0) is 4.79 Å². The molecule has 1 aliphatic rings. The van der Waals surface area contributed by atoms with Crippen LogP contribution in [0.5, 0.6) is 11.5 Å². The van der Waals surface area contributed by atoms with Crippen LogP contribution in [0.25, 0.3) is 10.4 Å². The Morgan fingerprint density at radius 2 is 1.41 bits per heavy atom. The van der Waals surface area contributed by atoms with Crippen molar-refractivity contribution in [3.8, 4) is 21.9 Å². The van der Waals surface area contributed by atoms with E-state index in [1.54, 1.807) is 35.6 Å². The number of nitrogens with one attached hydrogen (secondary N) is 2. The number of benzene rings is 3. The molecule has 1 saturated carbocycles. The van der Waals surface area contributed by atoms with Gasteiger partial charge < -0.3 is 20.5 Å². The first-order valence-corrected chi connectivity index (χ1v) is 13.0. The summed E-state index contributed by atoms with van der Waals surface area (Å²) in [5.41, 5.74) is 2.37. The molecule has 0 aliphatic heterocycles. The standard InChI is InChI=1S/C29H27N3O4S/c33-28(34)21-8-6-20(7-9-21)27-30-18-26(37-27)19-10-12-22(13-11-19)31-29(35)32-23-14-16-25(17-15-23)36-24-4-2-1-3-5-24/h1-5,10-18,20-21H,6-9H2,(H,33,34)(H2,31,32,35). The molecule has 5 rings (SSSR count). The third kappa shape index (κ3) is 6.34. The van der Waals surface area contributed by atoms with E-state index in [2.05, 4.69) is 15.6 Å². The van der Waals surface area contributed by atoms with E-state index in [1.165, 1.54) is 0 Å². The van der Waals surface area contributed by atoms with Crippen LogP contribution in [0.3, 0.4) is 0 Å². The minimum Gasteiger partial charge on any atom is -0.481 e. The molecule has 1 heterocycles. The molecule has 1 fully saturated rings. The van der Waals surface area contributed by atoms with Gasteiger partial charge in [-0.2, -0.15) is 0 Å². The Bertz CT molecular complexity index is 1350.